The fourth-order valence-electron chi connectivity index (χ4n) is 1.03. The van der Waals surface area contributed by atoms with Crippen molar-refractivity contribution < 1.29 is 18.0 Å². The van der Waals surface area contributed by atoms with E-state index >= 15 is 0 Å². The van der Waals surface area contributed by atoms with Gasteiger partial charge in [0.25, 0.3) is 0 Å². The number of hydrogen-bond acceptors (Lipinski definition) is 2. The van der Waals surface area contributed by atoms with Crippen LogP contribution in [0.4, 0.5) is 13.2 Å². The average molecular weight is 304 g/mol. The molecule has 0 radical (unpaired) electrons. The van der Waals surface area contributed by atoms with E-state index in [1.54, 1.807) is 0 Å². The molecule has 0 bridgehead atoms. The van der Waals surface area contributed by atoms with E-state index in [0.717, 1.165) is 0 Å². The van der Waals surface area contributed by atoms with E-state index in [0.29, 0.717) is 0 Å². The van der Waals surface area contributed by atoms with Gasteiger partial charge in [-0.1, -0.05) is 11.6 Å². The first-order valence-electron chi connectivity index (χ1n) is 3.82. The predicted molar refractivity (Wildman–Crippen MR) is 52.9 cm³/mol. The van der Waals surface area contributed by atoms with Gasteiger partial charge in [-0.05, 0) is 15.9 Å². The molecule has 0 saturated carbocycles. The summed E-state index contributed by atoms with van der Waals surface area (Å²) in [6.07, 6.45) is -0.109. The Morgan fingerprint density at radius 1 is 1.20 bits per heavy atom. The van der Waals surface area contributed by atoms with Gasteiger partial charge in [0.05, 0.1) is 16.1 Å². The third-order valence-electron chi connectivity index (χ3n) is 1.77. The molecule has 0 fully saturated rings. The van der Waals surface area contributed by atoms with Crippen LogP contribution in [0.15, 0.2) is 4.47 Å². The normalized spacial score (nSPS) is 10.8. The van der Waals surface area contributed by atoms with E-state index in [1.807, 2.05) is 0 Å². The Kier molecular flexibility index (Phi) is 4.39. The van der Waals surface area contributed by atoms with E-state index in [4.69, 9.17) is 17.5 Å². The van der Waals surface area contributed by atoms with Crippen molar-refractivity contribution in [3.63, 3.8) is 0 Å². The van der Waals surface area contributed by atoms with Crippen molar-refractivity contribution in [2.24, 2.45) is 5.90 Å². The summed E-state index contributed by atoms with van der Waals surface area (Å²) in [7, 11) is 0. The Labute approximate surface area is 97.2 Å². The number of benzene rings is 1. The lowest BCUT2D eigenvalue weighted by Gasteiger charge is -2.08. The maximum atomic E-state index is 13.3. The highest BCUT2D eigenvalue weighted by Gasteiger charge is 2.22. The molecule has 0 aromatic heterocycles. The molecule has 0 spiro atoms. The van der Waals surface area contributed by atoms with Gasteiger partial charge in [-0.3, -0.25) is 0 Å². The quantitative estimate of drug-likeness (QED) is 0.529. The summed E-state index contributed by atoms with van der Waals surface area (Å²) in [5, 5.41) is -0.474. The summed E-state index contributed by atoms with van der Waals surface area (Å²) in [6, 6.07) is 0. The Morgan fingerprint density at radius 2 is 1.80 bits per heavy atom. The Hall–Kier alpha value is -0.300. The van der Waals surface area contributed by atoms with E-state index in [9.17, 15) is 13.2 Å². The zero-order chi connectivity index (χ0) is 11.6. The van der Waals surface area contributed by atoms with Gasteiger partial charge in [0.2, 0.25) is 0 Å². The second-order valence-electron chi connectivity index (χ2n) is 2.67. The van der Waals surface area contributed by atoms with E-state index < -0.39 is 26.9 Å². The van der Waals surface area contributed by atoms with E-state index in [1.165, 1.54) is 0 Å². The summed E-state index contributed by atoms with van der Waals surface area (Å²) in [6.45, 7) is -0.0862. The standard InChI is InChI=1S/C8H6BrClF3NO/c9-4-7(12)5(10)3(1-2-15-14)6(11)8(4)13/h1-2,14H2. The van der Waals surface area contributed by atoms with Crippen LogP contribution in [-0.4, -0.2) is 6.61 Å². The van der Waals surface area contributed by atoms with Gasteiger partial charge in [-0.2, -0.15) is 0 Å². The molecular formula is C8H6BrClF3NO. The lowest BCUT2D eigenvalue weighted by Crippen LogP contribution is -2.08. The molecule has 0 saturated heterocycles. The number of rotatable bonds is 3. The summed E-state index contributed by atoms with van der Waals surface area (Å²) in [4.78, 5) is 4.18. The van der Waals surface area contributed by atoms with Crippen molar-refractivity contribution in [2.75, 3.05) is 6.61 Å². The summed E-state index contributed by atoms with van der Waals surface area (Å²) < 4.78 is 38.9. The van der Waals surface area contributed by atoms with Crippen LogP contribution in [0.5, 0.6) is 0 Å². The molecule has 0 heterocycles. The summed E-state index contributed by atoms with van der Waals surface area (Å²) >= 11 is 8.06. The maximum Gasteiger partial charge on any atom is 0.176 e. The van der Waals surface area contributed by atoms with Gasteiger partial charge in [0.1, 0.15) is 0 Å². The third-order valence-corrected chi connectivity index (χ3v) is 2.86. The van der Waals surface area contributed by atoms with Crippen LogP contribution in [0.1, 0.15) is 5.56 Å². The second kappa shape index (κ2) is 5.16. The molecular weight excluding hydrogens is 298 g/mol. The predicted octanol–water partition coefficient (Wildman–Crippen LogP) is 2.95. The van der Waals surface area contributed by atoms with Gasteiger partial charge in [0, 0.05) is 12.0 Å². The lowest BCUT2D eigenvalue weighted by atomic mass is 10.1. The van der Waals surface area contributed by atoms with Crippen LogP contribution in [0.25, 0.3) is 0 Å². The molecule has 2 nitrogen and oxygen atoms in total. The fraction of sp³-hybridized carbons (Fsp3) is 0.250. The van der Waals surface area contributed by atoms with Crippen LogP contribution in [0.3, 0.4) is 0 Å². The smallest absolute Gasteiger partial charge is 0.176 e. The first-order valence-corrected chi connectivity index (χ1v) is 4.99. The third kappa shape index (κ3) is 2.44. The topological polar surface area (TPSA) is 35.2 Å². The van der Waals surface area contributed by atoms with Crippen LogP contribution in [-0.2, 0) is 11.3 Å². The van der Waals surface area contributed by atoms with Gasteiger partial charge in [-0.25, -0.2) is 19.1 Å². The molecule has 7 heteroatoms. The molecule has 0 amide bonds. The number of hydrogen-bond donors (Lipinski definition) is 1. The largest absolute Gasteiger partial charge is 0.304 e. The average Bonchev–Trinajstić information content (AvgIpc) is 2.24. The highest BCUT2D eigenvalue weighted by atomic mass is 79.9. The van der Waals surface area contributed by atoms with Gasteiger partial charge in [-0.15, -0.1) is 0 Å². The monoisotopic (exact) mass is 303 g/mol. The van der Waals surface area contributed by atoms with Gasteiger partial charge in [0.15, 0.2) is 17.5 Å². The molecule has 0 aliphatic carbocycles. The van der Waals surface area contributed by atoms with Gasteiger partial charge < -0.3 is 4.84 Å². The Balaban J connectivity index is 3.26. The molecule has 15 heavy (non-hydrogen) atoms. The highest BCUT2D eigenvalue weighted by molar-refractivity contribution is 9.10. The van der Waals surface area contributed by atoms with Crippen LogP contribution < -0.4 is 5.90 Å². The van der Waals surface area contributed by atoms with Crippen molar-refractivity contribution in [1.29, 1.82) is 0 Å². The Bertz CT molecular complexity index is 360. The molecule has 1 aromatic carbocycles. The molecule has 0 aliphatic heterocycles. The van der Waals surface area contributed by atoms with E-state index in [-0.39, 0.29) is 18.6 Å². The molecule has 1 aromatic rings. The zero-order valence-electron chi connectivity index (χ0n) is 7.29. The minimum Gasteiger partial charge on any atom is -0.304 e. The van der Waals surface area contributed by atoms with Crippen LogP contribution in [0.2, 0.25) is 5.02 Å². The molecule has 0 unspecified atom stereocenters. The van der Waals surface area contributed by atoms with Crippen LogP contribution >= 0.6 is 27.5 Å². The highest BCUT2D eigenvalue weighted by Crippen LogP contribution is 2.32. The van der Waals surface area contributed by atoms with Crippen LogP contribution in [0, 0.1) is 17.5 Å². The van der Waals surface area contributed by atoms with Crippen molar-refractivity contribution in [3.05, 3.63) is 32.5 Å². The fourth-order valence-corrected chi connectivity index (χ4v) is 1.79. The lowest BCUT2D eigenvalue weighted by molar-refractivity contribution is 0.140. The Morgan fingerprint density at radius 3 is 2.33 bits per heavy atom. The molecule has 2 N–H and O–H groups in total. The molecule has 0 atom stereocenters. The van der Waals surface area contributed by atoms with Crippen molar-refractivity contribution in [3.8, 4) is 0 Å². The van der Waals surface area contributed by atoms with Gasteiger partial charge >= 0.3 is 0 Å². The maximum absolute atomic E-state index is 13.3. The molecule has 84 valence electrons. The first kappa shape index (κ1) is 12.8. The first-order chi connectivity index (χ1) is 7.00. The van der Waals surface area contributed by atoms with Crippen molar-refractivity contribution in [1.82, 2.24) is 0 Å². The van der Waals surface area contributed by atoms with Crippen molar-refractivity contribution >= 4 is 27.5 Å². The van der Waals surface area contributed by atoms with E-state index in [2.05, 4.69) is 20.8 Å². The minimum absolute atomic E-state index is 0.0862. The summed E-state index contributed by atoms with van der Waals surface area (Å²) in [5.41, 5.74) is -0.291. The SMILES string of the molecule is NOCCc1c(F)c(F)c(Br)c(F)c1Cl. The summed E-state index contributed by atoms with van der Waals surface area (Å²) in [5.74, 6) is 1.16. The number of halogens is 5. The second-order valence-corrected chi connectivity index (χ2v) is 3.84. The molecule has 0 aliphatic rings. The number of nitrogens with two attached hydrogens (primary N) is 1. The molecule has 1 rings (SSSR count). The van der Waals surface area contributed by atoms with Crippen molar-refractivity contribution in [2.45, 2.75) is 6.42 Å². The minimum atomic E-state index is -1.32. The zero-order valence-corrected chi connectivity index (χ0v) is 9.63.